The first kappa shape index (κ1) is 19.9. The van der Waals surface area contributed by atoms with Gasteiger partial charge in [-0.3, -0.25) is 14.4 Å². The lowest BCUT2D eigenvalue weighted by Crippen LogP contribution is -3.06. The number of anilines is 2. The van der Waals surface area contributed by atoms with Crippen molar-refractivity contribution in [1.29, 1.82) is 0 Å². The van der Waals surface area contributed by atoms with Crippen LogP contribution in [-0.4, -0.2) is 51.5 Å². The standard InChI is InChI=1S/C19H28N4O3/c1-13(2)19(26)23-10-5-6-14-7-8-15(12-16(14)23)21-18(25)17(24)20-9-11-22(3)4/h7-8,12-13H,5-6,9-11H2,1-4H3,(H,20,24)(H,21,25)/p+1. The molecule has 0 atom stereocenters. The second-order valence-electron chi connectivity index (χ2n) is 7.26. The SMILES string of the molecule is CC(C)C(=O)N1CCCc2ccc(NC(=O)C(=O)NCC[NH+](C)C)cc21. The first-order valence-electron chi connectivity index (χ1n) is 9.12. The number of fused-ring (bicyclic) bond motifs is 1. The minimum Gasteiger partial charge on any atom is -0.342 e. The number of carbonyl (C=O) groups excluding carboxylic acids is 3. The quantitative estimate of drug-likeness (QED) is 0.637. The van der Waals surface area contributed by atoms with E-state index in [0.717, 1.165) is 30.6 Å². The van der Waals surface area contributed by atoms with Crippen LogP contribution in [0, 0.1) is 5.92 Å². The predicted molar refractivity (Wildman–Crippen MR) is 101 cm³/mol. The Morgan fingerprint density at radius 1 is 1.19 bits per heavy atom. The molecule has 3 N–H and O–H groups in total. The van der Waals surface area contributed by atoms with Crippen LogP contribution in [0.25, 0.3) is 0 Å². The van der Waals surface area contributed by atoms with Gasteiger partial charge in [-0.1, -0.05) is 19.9 Å². The van der Waals surface area contributed by atoms with Gasteiger partial charge < -0.3 is 20.4 Å². The maximum Gasteiger partial charge on any atom is 0.313 e. The summed E-state index contributed by atoms with van der Waals surface area (Å²) in [6.07, 6.45) is 1.83. The van der Waals surface area contributed by atoms with E-state index >= 15 is 0 Å². The van der Waals surface area contributed by atoms with E-state index < -0.39 is 11.8 Å². The predicted octanol–water partition coefficient (Wildman–Crippen LogP) is -0.179. The lowest BCUT2D eigenvalue weighted by atomic mass is 9.99. The Kier molecular flexibility index (Phi) is 6.74. The molecule has 0 saturated heterocycles. The van der Waals surface area contributed by atoms with Gasteiger partial charge in [0.05, 0.1) is 27.2 Å². The summed E-state index contributed by atoms with van der Waals surface area (Å²) in [5, 5.41) is 5.22. The third kappa shape index (κ3) is 5.05. The van der Waals surface area contributed by atoms with Gasteiger partial charge in [0.15, 0.2) is 0 Å². The first-order chi connectivity index (χ1) is 12.3. The number of amides is 3. The molecule has 0 spiro atoms. The Morgan fingerprint density at radius 3 is 2.58 bits per heavy atom. The van der Waals surface area contributed by atoms with Crippen LogP contribution in [0.2, 0.25) is 0 Å². The van der Waals surface area contributed by atoms with Crippen LogP contribution in [0.5, 0.6) is 0 Å². The number of nitrogens with one attached hydrogen (secondary N) is 3. The number of hydrogen-bond acceptors (Lipinski definition) is 3. The number of hydrogen-bond donors (Lipinski definition) is 3. The Bertz CT molecular complexity index is 685. The lowest BCUT2D eigenvalue weighted by Gasteiger charge is -2.31. The zero-order valence-corrected chi connectivity index (χ0v) is 16.0. The molecule has 7 nitrogen and oxygen atoms in total. The van der Waals surface area contributed by atoms with Crippen LogP contribution >= 0.6 is 0 Å². The van der Waals surface area contributed by atoms with Crippen LogP contribution < -0.4 is 20.4 Å². The van der Waals surface area contributed by atoms with E-state index in [1.54, 1.807) is 17.0 Å². The molecular formula is C19H29N4O3+. The van der Waals surface area contributed by atoms with E-state index in [1.807, 2.05) is 34.0 Å². The Balaban J connectivity index is 2.07. The molecule has 0 radical (unpaired) electrons. The number of carbonyl (C=O) groups is 3. The van der Waals surface area contributed by atoms with E-state index in [1.165, 1.54) is 4.90 Å². The molecule has 1 aromatic rings. The Morgan fingerprint density at radius 2 is 1.92 bits per heavy atom. The Hall–Kier alpha value is -2.41. The minimum atomic E-state index is -0.698. The molecule has 7 heteroatoms. The van der Waals surface area contributed by atoms with Gasteiger partial charge in [-0.2, -0.15) is 0 Å². The molecule has 0 aliphatic carbocycles. The molecule has 1 heterocycles. The maximum atomic E-state index is 12.4. The molecule has 0 fully saturated rings. The monoisotopic (exact) mass is 361 g/mol. The van der Waals surface area contributed by atoms with Crippen molar-refractivity contribution in [3.8, 4) is 0 Å². The van der Waals surface area contributed by atoms with Crippen LogP contribution in [0.1, 0.15) is 25.8 Å². The molecule has 0 unspecified atom stereocenters. The summed E-state index contributed by atoms with van der Waals surface area (Å²) < 4.78 is 0. The highest BCUT2D eigenvalue weighted by Crippen LogP contribution is 2.31. The summed E-state index contributed by atoms with van der Waals surface area (Å²) in [4.78, 5) is 39.4. The highest BCUT2D eigenvalue weighted by Gasteiger charge is 2.25. The van der Waals surface area contributed by atoms with Crippen molar-refractivity contribution in [2.45, 2.75) is 26.7 Å². The van der Waals surface area contributed by atoms with Crippen molar-refractivity contribution in [3.05, 3.63) is 23.8 Å². The van der Waals surface area contributed by atoms with E-state index in [-0.39, 0.29) is 11.8 Å². The summed E-state index contributed by atoms with van der Waals surface area (Å²) >= 11 is 0. The highest BCUT2D eigenvalue weighted by molar-refractivity contribution is 6.39. The largest absolute Gasteiger partial charge is 0.342 e. The number of rotatable bonds is 5. The molecule has 0 saturated carbocycles. The number of nitrogens with zero attached hydrogens (tertiary/aromatic N) is 1. The van der Waals surface area contributed by atoms with Gasteiger partial charge in [-0.15, -0.1) is 0 Å². The molecule has 1 aliphatic rings. The average molecular weight is 361 g/mol. The minimum absolute atomic E-state index is 0.0679. The second kappa shape index (κ2) is 8.80. The van der Waals surface area contributed by atoms with Gasteiger partial charge in [0.1, 0.15) is 0 Å². The van der Waals surface area contributed by atoms with E-state index in [0.29, 0.717) is 18.8 Å². The first-order valence-corrected chi connectivity index (χ1v) is 9.12. The fraction of sp³-hybridized carbons (Fsp3) is 0.526. The average Bonchev–Trinajstić information content (AvgIpc) is 2.59. The third-order valence-electron chi connectivity index (χ3n) is 4.34. The fourth-order valence-electron chi connectivity index (χ4n) is 2.89. The number of aryl methyl sites for hydroxylation is 1. The number of benzene rings is 1. The van der Waals surface area contributed by atoms with E-state index in [9.17, 15) is 14.4 Å². The van der Waals surface area contributed by atoms with Crippen molar-refractivity contribution < 1.29 is 19.3 Å². The van der Waals surface area contributed by atoms with Gasteiger partial charge in [-0.25, -0.2) is 0 Å². The second-order valence-corrected chi connectivity index (χ2v) is 7.26. The molecular weight excluding hydrogens is 332 g/mol. The van der Waals surface area contributed by atoms with Gasteiger partial charge in [0, 0.05) is 23.8 Å². The Labute approximate surface area is 154 Å². The third-order valence-corrected chi connectivity index (χ3v) is 4.34. The summed E-state index contributed by atoms with van der Waals surface area (Å²) in [5.41, 5.74) is 2.43. The summed E-state index contributed by atoms with van der Waals surface area (Å²) in [7, 11) is 3.95. The van der Waals surface area contributed by atoms with Crippen LogP contribution in [0.3, 0.4) is 0 Å². The smallest absolute Gasteiger partial charge is 0.313 e. The molecule has 2 rings (SSSR count). The molecule has 1 aliphatic heterocycles. The summed E-state index contributed by atoms with van der Waals surface area (Å²) in [6, 6.07) is 5.47. The molecule has 0 aromatic heterocycles. The molecule has 3 amide bonds. The van der Waals surface area contributed by atoms with E-state index in [2.05, 4.69) is 10.6 Å². The van der Waals surface area contributed by atoms with Crippen LogP contribution in [0.15, 0.2) is 18.2 Å². The van der Waals surface area contributed by atoms with E-state index in [4.69, 9.17) is 0 Å². The van der Waals surface area contributed by atoms with Gasteiger partial charge >= 0.3 is 11.8 Å². The lowest BCUT2D eigenvalue weighted by molar-refractivity contribution is -0.856. The topological polar surface area (TPSA) is 83.0 Å². The van der Waals surface area contributed by atoms with Crippen molar-refractivity contribution in [2.75, 3.05) is 43.9 Å². The summed E-state index contributed by atoms with van der Waals surface area (Å²) in [6.45, 7) is 5.61. The van der Waals surface area contributed by atoms with Crippen LogP contribution in [-0.2, 0) is 20.8 Å². The molecule has 1 aromatic carbocycles. The highest BCUT2D eigenvalue weighted by atomic mass is 16.2. The maximum absolute atomic E-state index is 12.4. The number of quaternary nitrogens is 1. The van der Waals surface area contributed by atoms with Crippen molar-refractivity contribution in [3.63, 3.8) is 0 Å². The fourth-order valence-corrected chi connectivity index (χ4v) is 2.89. The van der Waals surface area contributed by atoms with Crippen molar-refractivity contribution >= 4 is 29.1 Å². The zero-order valence-electron chi connectivity index (χ0n) is 16.0. The van der Waals surface area contributed by atoms with Gasteiger partial charge in [0.25, 0.3) is 0 Å². The van der Waals surface area contributed by atoms with Crippen molar-refractivity contribution in [1.82, 2.24) is 5.32 Å². The normalized spacial score (nSPS) is 13.5. The van der Waals surface area contributed by atoms with Crippen LogP contribution in [0.4, 0.5) is 11.4 Å². The van der Waals surface area contributed by atoms with Crippen molar-refractivity contribution in [2.24, 2.45) is 5.92 Å². The molecule has 26 heavy (non-hydrogen) atoms. The zero-order chi connectivity index (χ0) is 19.3. The van der Waals surface area contributed by atoms with Gasteiger partial charge in [0.2, 0.25) is 5.91 Å². The number of likely N-dealkylation sites (N-methyl/N-ethyl adjacent to an activating group) is 1. The van der Waals surface area contributed by atoms with Gasteiger partial charge in [-0.05, 0) is 30.5 Å². The molecule has 142 valence electrons. The summed E-state index contributed by atoms with van der Waals surface area (Å²) in [5.74, 6) is -1.38. The molecule has 0 bridgehead atoms.